The molecule has 3 rings (SSSR count). The molecule has 1 atom stereocenters. The van der Waals surface area contributed by atoms with Crippen molar-refractivity contribution in [3.8, 4) is 0 Å². The van der Waals surface area contributed by atoms with E-state index in [0.717, 1.165) is 18.5 Å². The molecular weight excluding hydrogens is 256 g/mol. The van der Waals surface area contributed by atoms with Crippen molar-refractivity contribution >= 4 is 17.3 Å². The van der Waals surface area contributed by atoms with E-state index in [4.69, 9.17) is 0 Å². The highest BCUT2D eigenvalue weighted by molar-refractivity contribution is 7.07. The summed E-state index contributed by atoms with van der Waals surface area (Å²) >= 11 is 1.74. The summed E-state index contributed by atoms with van der Waals surface area (Å²) in [6, 6.07) is 3.58. The minimum absolute atomic E-state index is 0.550. The summed E-state index contributed by atoms with van der Waals surface area (Å²) in [5, 5.41) is 11.2. The van der Waals surface area contributed by atoms with Crippen LogP contribution in [-0.4, -0.2) is 43.1 Å². The van der Waals surface area contributed by atoms with Gasteiger partial charge in [0.25, 0.3) is 0 Å². The van der Waals surface area contributed by atoms with Gasteiger partial charge in [-0.1, -0.05) is 0 Å². The van der Waals surface area contributed by atoms with Crippen LogP contribution in [0.2, 0.25) is 0 Å². The van der Waals surface area contributed by atoms with E-state index in [0.29, 0.717) is 6.04 Å². The molecule has 0 amide bonds. The molecular formula is C14H22N4S. The SMILES string of the molecule is CN=C(NCc1ccsc1)NC1CCN(C2CC2)C1. The molecule has 1 aromatic rings. The van der Waals surface area contributed by atoms with Crippen LogP contribution in [0.25, 0.3) is 0 Å². The lowest BCUT2D eigenvalue weighted by atomic mass is 10.3. The quantitative estimate of drug-likeness (QED) is 0.650. The molecule has 1 aliphatic carbocycles. The average Bonchev–Trinajstić information content (AvgIpc) is 2.96. The van der Waals surface area contributed by atoms with Gasteiger partial charge in [-0.25, -0.2) is 0 Å². The molecule has 104 valence electrons. The Hall–Kier alpha value is -1.07. The molecule has 2 heterocycles. The van der Waals surface area contributed by atoms with Gasteiger partial charge >= 0.3 is 0 Å². The number of nitrogens with zero attached hydrogens (tertiary/aromatic N) is 2. The van der Waals surface area contributed by atoms with Gasteiger partial charge in [0.05, 0.1) is 0 Å². The molecule has 0 aromatic carbocycles. The van der Waals surface area contributed by atoms with Gasteiger partial charge < -0.3 is 10.6 Å². The number of hydrogen-bond donors (Lipinski definition) is 2. The van der Waals surface area contributed by atoms with E-state index in [1.54, 1.807) is 11.3 Å². The van der Waals surface area contributed by atoms with Crippen molar-refractivity contribution in [2.45, 2.75) is 37.9 Å². The van der Waals surface area contributed by atoms with E-state index in [2.05, 4.69) is 37.4 Å². The molecule has 19 heavy (non-hydrogen) atoms. The summed E-state index contributed by atoms with van der Waals surface area (Å²) in [5.41, 5.74) is 1.32. The number of likely N-dealkylation sites (tertiary alicyclic amines) is 1. The number of guanidine groups is 1. The van der Waals surface area contributed by atoms with Gasteiger partial charge in [0, 0.05) is 38.8 Å². The van der Waals surface area contributed by atoms with Crippen molar-refractivity contribution in [3.63, 3.8) is 0 Å². The van der Waals surface area contributed by atoms with Crippen molar-refractivity contribution in [3.05, 3.63) is 22.4 Å². The van der Waals surface area contributed by atoms with E-state index < -0.39 is 0 Å². The van der Waals surface area contributed by atoms with Crippen molar-refractivity contribution in [1.82, 2.24) is 15.5 Å². The van der Waals surface area contributed by atoms with Crippen LogP contribution >= 0.6 is 11.3 Å². The first kappa shape index (κ1) is 12.9. The second kappa shape index (κ2) is 5.92. The molecule has 5 heteroatoms. The third-order valence-corrected chi connectivity index (χ3v) is 4.62. The molecule has 1 aromatic heterocycles. The van der Waals surface area contributed by atoms with Crippen molar-refractivity contribution in [2.24, 2.45) is 4.99 Å². The standard InChI is InChI=1S/C14H22N4S/c1-15-14(16-8-11-5-7-19-10-11)17-12-4-6-18(9-12)13-2-3-13/h5,7,10,12-13H,2-4,6,8-9H2,1H3,(H2,15,16,17). The Bertz CT molecular complexity index is 425. The smallest absolute Gasteiger partial charge is 0.191 e. The second-order valence-electron chi connectivity index (χ2n) is 5.41. The largest absolute Gasteiger partial charge is 0.352 e. The lowest BCUT2D eigenvalue weighted by molar-refractivity contribution is 0.321. The summed E-state index contributed by atoms with van der Waals surface area (Å²) in [7, 11) is 1.84. The normalized spacial score (nSPS) is 24.7. The summed E-state index contributed by atoms with van der Waals surface area (Å²) in [5.74, 6) is 0.925. The molecule has 0 spiro atoms. The first-order chi connectivity index (χ1) is 9.35. The molecule has 0 bridgehead atoms. The Kier molecular flexibility index (Phi) is 4.03. The van der Waals surface area contributed by atoms with Gasteiger partial charge in [-0.15, -0.1) is 0 Å². The predicted molar refractivity (Wildman–Crippen MR) is 80.7 cm³/mol. The Morgan fingerprint density at radius 1 is 1.47 bits per heavy atom. The van der Waals surface area contributed by atoms with E-state index in [1.165, 1.54) is 37.9 Å². The highest BCUT2D eigenvalue weighted by Crippen LogP contribution is 2.29. The highest BCUT2D eigenvalue weighted by atomic mass is 32.1. The van der Waals surface area contributed by atoms with Crippen LogP contribution in [0, 0.1) is 0 Å². The van der Waals surface area contributed by atoms with Gasteiger partial charge in [0.15, 0.2) is 5.96 Å². The predicted octanol–water partition coefficient (Wildman–Crippen LogP) is 1.65. The van der Waals surface area contributed by atoms with Gasteiger partial charge in [0.1, 0.15) is 0 Å². The van der Waals surface area contributed by atoms with Gasteiger partial charge in [-0.2, -0.15) is 11.3 Å². The van der Waals surface area contributed by atoms with E-state index in [1.807, 2.05) is 7.05 Å². The molecule has 2 aliphatic rings. The van der Waals surface area contributed by atoms with E-state index >= 15 is 0 Å². The zero-order valence-corrected chi connectivity index (χ0v) is 12.2. The van der Waals surface area contributed by atoms with Crippen LogP contribution in [0.1, 0.15) is 24.8 Å². The summed E-state index contributed by atoms with van der Waals surface area (Å²) < 4.78 is 0. The second-order valence-corrected chi connectivity index (χ2v) is 6.19. The number of hydrogen-bond acceptors (Lipinski definition) is 3. The molecule has 1 saturated carbocycles. The Balaban J connectivity index is 1.44. The Labute approximate surface area is 118 Å². The fourth-order valence-corrected chi connectivity index (χ4v) is 3.31. The Morgan fingerprint density at radius 2 is 2.37 bits per heavy atom. The minimum Gasteiger partial charge on any atom is -0.352 e. The maximum atomic E-state index is 4.32. The van der Waals surface area contributed by atoms with Crippen LogP contribution in [0.3, 0.4) is 0 Å². The van der Waals surface area contributed by atoms with Crippen LogP contribution in [0.4, 0.5) is 0 Å². The zero-order chi connectivity index (χ0) is 13.1. The summed E-state index contributed by atoms with van der Waals surface area (Å²) in [6.45, 7) is 3.26. The summed E-state index contributed by atoms with van der Waals surface area (Å²) in [4.78, 5) is 6.93. The maximum absolute atomic E-state index is 4.32. The zero-order valence-electron chi connectivity index (χ0n) is 11.4. The lowest BCUT2D eigenvalue weighted by Crippen LogP contribution is -2.44. The van der Waals surface area contributed by atoms with Crippen molar-refractivity contribution in [2.75, 3.05) is 20.1 Å². The monoisotopic (exact) mass is 278 g/mol. The lowest BCUT2D eigenvalue weighted by Gasteiger charge is -2.18. The first-order valence-corrected chi connectivity index (χ1v) is 8.02. The average molecular weight is 278 g/mol. The third kappa shape index (κ3) is 3.48. The van der Waals surface area contributed by atoms with Crippen LogP contribution in [0.15, 0.2) is 21.8 Å². The number of thiophene rings is 1. The molecule has 1 unspecified atom stereocenters. The van der Waals surface area contributed by atoms with Gasteiger partial charge in [-0.05, 0) is 41.7 Å². The molecule has 1 aliphatic heterocycles. The fraction of sp³-hybridized carbons (Fsp3) is 0.643. The molecule has 0 radical (unpaired) electrons. The Morgan fingerprint density at radius 3 is 3.05 bits per heavy atom. The number of rotatable bonds is 4. The molecule has 4 nitrogen and oxygen atoms in total. The minimum atomic E-state index is 0.550. The third-order valence-electron chi connectivity index (χ3n) is 3.89. The first-order valence-electron chi connectivity index (χ1n) is 7.07. The van der Waals surface area contributed by atoms with Crippen LogP contribution in [-0.2, 0) is 6.54 Å². The fourth-order valence-electron chi connectivity index (χ4n) is 2.64. The van der Waals surface area contributed by atoms with E-state index in [9.17, 15) is 0 Å². The summed E-state index contributed by atoms with van der Waals surface area (Å²) in [6.07, 6.45) is 4.03. The topological polar surface area (TPSA) is 39.7 Å². The molecule has 1 saturated heterocycles. The number of nitrogens with one attached hydrogen (secondary N) is 2. The van der Waals surface area contributed by atoms with Crippen molar-refractivity contribution in [1.29, 1.82) is 0 Å². The maximum Gasteiger partial charge on any atom is 0.191 e. The number of aliphatic imine (C=N–C) groups is 1. The molecule has 2 fully saturated rings. The van der Waals surface area contributed by atoms with Crippen LogP contribution in [0.5, 0.6) is 0 Å². The van der Waals surface area contributed by atoms with Crippen molar-refractivity contribution < 1.29 is 0 Å². The van der Waals surface area contributed by atoms with E-state index in [-0.39, 0.29) is 0 Å². The highest BCUT2D eigenvalue weighted by Gasteiger charge is 2.34. The van der Waals surface area contributed by atoms with Crippen LogP contribution < -0.4 is 10.6 Å². The van der Waals surface area contributed by atoms with Gasteiger partial charge in [-0.3, -0.25) is 9.89 Å². The van der Waals surface area contributed by atoms with Gasteiger partial charge in [0.2, 0.25) is 0 Å². The molecule has 2 N–H and O–H groups in total.